The maximum Gasteiger partial charge on any atom is 0.312 e. The third kappa shape index (κ3) is 1.15. The van der Waals surface area contributed by atoms with Crippen molar-refractivity contribution in [3.05, 3.63) is 0 Å². The van der Waals surface area contributed by atoms with Gasteiger partial charge in [-0.05, 0) is 6.42 Å². The van der Waals surface area contributed by atoms with Crippen molar-refractivity contribution in [3.8, 4) is 0 Å². The first-order valence-electron chi connectivity index (χ1n) is 3.75. The van der Waals surface area contributed by atoms with Crippen molar-refractivity contribution in [1.82, 2.24) is 0 Å². The van der Waals surface area contributed by atoms with E-state index in [1.807, 2.05) is 6.92 Å². The van der Waals surface area contributed by atoms with E-state index in [1.165, 1.54) is 7.11 Å². The van der Waals surface area contributed by atoms with Gasteiger partial charge in [-0.3, -0.25) is 9.59 Å². The molecule has 0 spiro atoms. The van der Waals surface area contributed by atoms with E-state index < -0.39 is 5.41 Å². The number of ether oxygens (including phenoxy) is 1. The minimum absolute atomic E-state index is 0.164. The normalized spacial score (nSPS) is 20.7. The fourth-order valence-corrected chi connectivity index (χ4v) is 1.46. The maximum absolute atomic E-state index is 11.1. The van der Waals surface area contributed by atoms with Crippen LogP contribution in [-0.4, -0.2) is 18.9 Å². The number of methoxy groups -OCH3 is 1. The highest BCUT2D eigenvalue weighted by molar-refractivity contribution is 5.97. The van der Waals surface area contributed by atoms with Crippen LogP contribution in [0.2, 0.25) is 0 Å². The van der Waals surface area contributed by atoms with Crippen molar-refractivity contribution in [2.45, 2.75) is 26.2 Å². The van der Waals surface area contributed by atoms with Gasteiger partial charge in [0.1, 0.15) is 5.78 Å². The third-order valence-electron chi connectivity index (χ3n) is 2.37. The SMILES string of the molecule is CCC1(C(=O)OC)CC(=O)C1. The Morgan fingerprint density at radius 2 is 2.18 bits per heavy atom. The quantitative estimate of drug-likeness (QED) is 0.558. The highest BCUT2D eigenvalue weighted by Crippen LogP contribution is 2.41. The standard InChI is InChI=1S/C8H12O3/c1-3-8(7(10)11-2)4-6(9)5-8/h3-5H2,1-2H3. The summed E-state index contributed by atoms with van der Waals surface area (Å²) in [6, 6.07) is 0. The first-order valence-corrected chi connectivity index (χ1v) is 3.75. The van der Waals surface area contributed by atoms with Crippen LogP contribution < -0.4 is 0 Å². The molecule has 1 saturated carbocycles. The van der Waals surface area contributed by atoms with Crippen molar-refractivity contribution < 1.29 is 14.3 Å². The molecule has 3 nitrogen and oxygen atoms in total. The number of hydrogen-bond acceptors (Lipinski definition) is 3. The lowest BCUT2D eigenvalue weighted by atomic mass is 9.66. The van der Waals surface area contributed by atoms with E-state index in [9.17, 15) is 9.59 Å². The molecule has 0 bridgehead atoms. The second-order valence-corrected chi connectivity index (χ2v) is 3.02. The molecule has 1 fully saturated rings. The monoisotopic (exact) mass is 156 g/mol. The van der Waals surface area contributed by atoms with Gasteiger partial charge in [0.2, 0.25) is 0 Å². The van der Waals surface area contributed by atoms with E-state index in [0.717, 1.165) is 0 Å². The van der Waals surface area contributed by atoms with E-state index in [1.54, 1.807) is 0 Å². The Balaban J connectivity index is 2.64. The highest BCUT2D eigenvalue weighted by atomic mass is 16.5. The van der Waals surface area contributed by atoms with E-state index in [0.29, 0.717) is 19.3 Å². The van der Waals surface area contributed by atoms with Crippen LogP contribution in [0.5, 0.6) is 0 Å². The molecule has 0 saturated heterocycles. The van der Waals surface area contributed by atoms with Crippen LogP contribution in [0.1, 0.15) is 26.2 Å². The van der Waals surface area contributed by atoms with Gasteiger partial charge in [-0.15, -0.1) is 0 Å². The van der Waals surface area contributed by atoms with Crippen LogP contribution in [0.15, 0.2) is 0 Å². The predicted molar refractivity (Wildman–Crippen MR) is 39.0 cm³/mol. The van der Waals surface area contributed by atoms with Crippen LogP contribution in [-0.2, 0) is 14.3 Å². The van der Waals surface area contributed by atoms with Crippen molar-refractivity contribution in [1.29, 1.82) is 0 Å². The minimum atomic E-state index is -0.466. The Hall–Kier alpha value is -0.860. The van der Waals surface area contributed by atoms with Crippen molar-refractivity contribution in [2.75, 3.05) is 7.11 Å². The predicted octanol–water partition coefficient (Wildman–Crippen LogP) is 0.919. The van der Waals surface area contributed by atoms with Gasteiger partial charge in [0.25, 0.3) is 0 Å². The third-order valence-corrected chi connectivity index (χ3v) is 2.37. The Bertz CT molecular complexity index is 188. The van der Waals surface area contributed by atoms with Gasteiger partial charge in [-0.1, -0.05) is 6.92 Å². The second-order valence-electron chi connectivity index (χ2n) is 3.02. The molecule has 0 atom stereocenters. The fraction of sp³-hybridized carbons (Fsp3) is 0.750. The Morgan fingerprint density at radius 3 is 2.45 bits per heavy atom. The number of carbonyl (C=O) groups excluding carboxylic acids is 2. The zero-order chi connectivity index (χ0) is 8.48. The molecule has 0 aliphatic heterocycles. The smallest absolute Gasteiger partial charge is 0.312 e. The van der Waals surface area contributed by atoms with Gasteiger partial charge in [-0.2, -0.15) is 0 Å². The molecule has 0 aromatic rings. The van der Waals surface area contributed by atoms with Gasteiger partial charge in [-0.25, -0.2) is 0 Å². The number of hydrogen-bond donors (Lipinski definition) is 0. The first kappa shape index (κ1) is 8.24. The zero-order valence-corrected chi connectivity index (χ0v) is 6.85. The largest absolute Gasteiger partial charge is 0.469 e. The molecular weight excluding hydrogens is 144 g/mol. The van der Waals surface area contributed by atoms with Crippen LogP contribution in [0.25, 0.3) is 0 Å². The van der Waals surface area contributed by atoms with Gasteiger partial charge < -0.3 is 4.74 Å². The molecule has 0 heterocycles. The van der Waals surface area contributed by atoms with Gasteiger partial charge in [0, 0.05) is 12.8 Å². The highest BCUT2D eigenvalue weighted by Gasteiger charge is 2.49. The van der Waals surface area contributed by atoms with Gasteiger partial charge in [0.05, 0.1) is 12.5 Å². The van der Waals surface area contributed by atoms with Crippen LogP contribution in [0.3, 0.4) is 0 Å². The topological polar surface area (TPSA) is 43.4 Å². The fourth-order valence-electron chi connectivity index (χ4n) is 1.46. The number of Topliss-reactive ketones (excluding diaryl/α,β-unsaturated/α-hetero) is 1. The maximum atomic E-state index is 11.1. The Kier molecular flexibility index (Phi) is 1.98. The van der Waals surface area contributed by atoms with Crippen LogP contribution >= 0.6 is 0 Å². The van der Waals surface area contributed by atoms with Crippen LogP contribution in [0, 0.1) is 5.41 Å². The summed E-state index contributed by atoms with van der Waals surface area (Å²) in [6.45, 7) is 1.91. The lowest BCUT2D eigenvalue weighted by Crippen LogP contribution is -2.44. The summed E-state index contributed by atoms with van der Waals surface area (Å²) in [7, 11) is 1.36. The molecule has 0 radical (unpaired) electrons. The Morgan fingerprint density at radius 1 is 1.64 bits per heavy atom. The van der Waals surface area contributed by atoms with E-state index >= 15 is 0 Å². The lowest BCUT2D eigenvalue weighted by Gasteiger charge is -2.36. The Labute approximate surface area is 65.7 Å². The summed E-state index contributed by atoms with van der Waals surface area (Å²) < 4.78 is 4.61. The molecule has 3 heteroatoms. The molecule has 0 N–H and O–H groups in total. The van der Waals surface area contributed by atoms with E-state index in [2.05, 4.69) is 4.74 Å². The molecule has 0 aromatic carbocycles. The molecule has 1 aliphatic carbocycles. The van der Waals surface area contributed by atoms with Gasteiger partial charge in [0.15, 0.2) is 0 Å². The summed E-state index contributed by atoms with van der Waals surface area (Å²) in [6.07, 6.45) is 1.44. The summed E-state index contributed by atoms with van der Waals surface area (Å²) >= 11 is 0. The molecule has 0 unspecified atom stereocenters. The molecule has 1 rings (SSSR count). The van der Waals surface area contributed by atoms with Crippen LogP contribution in [0.4, 0.5) is 0 Å². The second kappa shape index (κ2) is 2.64. The van der Waals surface area contributed by atoms with E-state index in [4.69, 9.17) is 0 Å². The molecule has 0 aromatic heterocycles. The first-order chi connectivity index (χ1) is 5.14. The molecule has 0 amide bonds. The minimum Gasteiger partial charge on any atom is -0.469 e. The summed E-state index contributed by atoms with van der Waals surface area (Å²) in [5.41, 5.74) is -0.466. The molecule has 1 aliphatic rings. The van der Waals surface area contributed by atoms with Gasteiger partial charge >= 0.3 is 5.97 Å². The molecule has 11 heavy (non-hydrogen) atoms. The summed E-state index contributed by atoms with van der Waals surface area (Å²) in [5.74, 6) is -0.0724. The lowest BCUT2D eigenvalue weighted by molar-refractivity contribution is -0.163. The molecular formula is C8H12O3. The average molecular weight is 156 g/mol. The van der Waals surface area contributed by atoms with Crippen molar-refractivity contribution in [3.63, 3.8) is 0 Å². The summed E-state index contributed by atoms with van der Waals surface area (Å²) in [4.78, 5) is 21.8. The van der Waals surface area contributed by atoms with E-state index in [-0.39, 0.29) is 11.8 Å². The summed E-state index contributed by atoms with van der Waals surface area (Å²) in [5, 5.41) is 0. The molecule has 62 valence electrons. The number of esters is 1. The zero-order valence-electron chi connectivity index (χ0n) is 6.85. The average Bonchev–Trinajstić information content (AvgIpc) is 1.96. The number of carbonyl (C=O) groups is 2. The number of rotatable bonds is 2. The van der Waals surface area contributed by atoms with Crippen molar-refractivity contribution >= 4 is 11.8 Å². The number of ketones is 1. The van der Waals surface area contributed by atoms with Crippen molar-refractivity contribution in [2.24, 2.45) is 5.41 Å².